The Balaban J connectivity index is 2.28. The van der Waals surface area contributed by atoms with Crippen LogP contribution in [0.3, 0.4) is 0 Å². The molecule has 1 atom stereocenters. The molecule has 0 heterocycles. The fourth-order valence-corrected chi connectivity index (χ4v) is 2.14. The molecule has 100 valence electrons. The number of aliphatic hydroxyl groups is 1. The minimum absolute atomic E-state index is 0.0347. The van der Waals surface area contributed by atoms with Gasteiger partial charge in [-0.15, -0.1) is 0 Å². The van der Waals surface area contributed by atoms with Crippen molar-refractivity contribution in [3.8, 4) is 0 Å². The van der Waals surface area contributed by atoms with E-state index in [0.29, 0.717) is 5.56 Å². The van der Waals surface area contributed by atoms with Gasteiger partial charge in [0, 0.05) is 12.0 Å². The van der Waals surface area contributed by atoms with E-state index in [9.17, 15) is 13.9 Å². The lowest BCUT2D eigenvalue weighted by Gasteiger charge is -2.14. The molecule has 0 amide bonds. The second-order valence-corrected chi connectivity index (χ2v) is 4.84. The van der Waals surface area contributed by atoms with Crippen LogP contribution in [0.4, 0.5) is 8.78 Å². The molecular weight excluding hydrogens is 270 g/mol. The van der Waals surface area contributed by atoms with Crippen LogP contribution in [0.2, 0.25) is 5.02 Å². The number of rotatable bonds is 3. The highest BCUT2D eigenvalue weighted by Crippen LogP contribution is 2.26. The Morgan fingerprint density at radius 2 is 1.95 bits per heavy atom. The van der Waals surface area contributed by atoms with Crippen LogP contribution in [-0.4, -0.2) is 5.11 Å². The smallest absolute Gasteiger partial charge is 0.147 e. The van der Waals surface area contributed by atoms with Gasteiger partial charge in [0.1, 0.15) is 11.6 Å². The summed E-state index contributed by atoms with van der Waals surface area (Å²) in [5, 5.41) is 10.0. The number of halogens is 3. The second kappa shape index (κ2) is 5.68. The summed E-state index contributed by atoms with van der Waals surface area (Å²) in [5.74, 6) is -1.01. The molecule has 0 saturated carbocycles. The summed E-state index contributed by atoms with van der Waals surface area (Å²) in [4.78, 5) is 0. The van der Waals surface area contributed by atoms with Crippen molar-refractivity contribution < 1.29 is 13.9 Å². The topological polar surface area (TPSA) is 20.2 Å². The zero-order valence-electron chi connectivity index (χ0n) is 10.3. The van der Waals surface area contributed by atoms with Crippen LogP contribution in [0, 0.1) is 18.6 Å². The average molecular weight is 283 g/mol. The third kappa shape index (κ3) is 3.11. The molecule has 19 heavy (non-hydrogen) atoms. The monoisotopic (exact) mass is 282 g/mol. The molecular formula is C15H13ClF2O. The Bertz CT molecular complexity index is 599. The molecule has 0 aliphatic rings. The van der Waals surface area contributed by atoms with E-state index in [2.05, 4.69) is 0 Å². The maximum absolute atomic E-state index is 13.8. The first kappa shape index (κ1) is 14.0. The molecule has 0 fully saturated rings. The highest BCUT2D eigenvalue weighted by Gasteiger charge is 2.16. The van der Waals surface area contributed by atoms with E-state index in [0.717, 1.165) is 5.56 Å². The van der Waals surface area contributed by atoms with Gasteiger partial charge in [-0.3, -0.25) is 0 Å². The third-order valence-electron chi connectivity index (χ3n) is 3.06. The molecule has 1 unspecified atom stereocenters. The van der Waals surface area contributed by atoms with E-state index in [4.69, 9.17) is 11.6 Å². The summed E-state index contributed by atoms with van der Waals surface area (Å²) in [6, 6.07) is 8.79. The van der Waals surface area contributed by atoms with Gasteiger partial charge in [-0.1, -0.05) is 29.8 Å². The van der Waals surface area contributed by atoms with Gasteiger partial charge in [0.2, 0.25) is 0 Å². The molecule has 0 saturated heterocycles. The molecule has 2 aromatic carbocycles. The predicted octanol–water partition coefficient (Wildman–Crippen LogP) is 4.20. The van der Waals surface area contributed by atoms with Crippen molar-refractivity contribution in [3.05, 3.63) is 69.7 Å². The van der Waals surface area contributed by atoms with Gasteiger partial charge in [-0.2, -0.15) is 0 Å². The van der Waals surface area contributed by atoms with Gasteiger partial charge in [-0.05, 0) is 36.2 Å². The van der Waals surface area contributed by atoms with Crippen molar-refractivity contribution in [1.82, 2.24) is 0 Å². The van der Waals surface area contributed by atoms with Crippen LogP contribution in [0.1, 0.15) is 22.8 Å². The largest absolute Gasteiger partial charge is 0.388 e. The average Bonchev–Trinajstić information content (AvgIpc) is 2.37. The molecule has 4 heteroatoms. The maximum Gasteiger partial charge on any atom is 0.147 e. The van der Waals surface area contributed by atoms with Gasteiger partial charge in [0.25, 0.3) is 0 Å². The summed E-state index contributed by atoms with van der Waals surface area (Å²) in [6.07, 6.45) is -0.917. The van der Waals surface area contributed by atoms with Gasteiger partial charge < -0.3 is 5.11 Å². The molecule has 1 nitrogen and oxygen atoms in total. The lowest BCUT2D eigenvalue weighted by Crippen LogP contribution is -2.06. The van der Waals surface area contributed by atoms with Crippen molar-refractivity contribution in [2.75, 3.05) is 0 Å². The molecule has 0 aliphatic carbocycles. The van der Waals surface area contributed by atoms with E-state index in [-0.39, 0.29) is 22.8 Å². The Morgan fingerprint density at radius 1 is 1.21 bits per heavy atom. The zero-order valence-corrected chi connectivity index (χ0v) is 11.1. The van der Waals surface area contributed by atoms with Crippen molar-refractivity contribution in [3.63, 3.8) is 0 Å². The molecule has 1 N–H and O–H groups in total. The van der Waals surface area contributed by atoms with Gasteiger partial charge >= 0.3 is 0 Å². The second-order valence-electron chi connectivity index (χ2n) is 4.43. The highest BCUT2D eigenvalue weighted by atomic mass is 35.5. The van der Waals surface area contributed by atoms with Gasteiger partial charge in [0.15, 0.2) is 0 Å². The maximum atomic E-state index is 13.8. The minimum atomic E-state index is -1.06. The van der Waals surface area contributed by atoms with Crippen LogP contribution in [0.15, 0.2) is 36.4 Å². The number of hydrogen-bond acceptors (Lipinski definition) is 1. The lowest BCUT2D eigenvalue weighted by atomic mass is 9.98. The Hall–Kier alpha value is -1.45. The normalized spacial score (nSPS) is 12.5. The lowest BCUT2D eigenvalue weighted by molar-refractivity contribution is 0.173. The van der Waals surface area contributed by atoms with Crippen molar-refractivity contribution >= 4 is 11.6 Å². The number of aryl methyl sites for hydroxylation is 1. The summed E-state index contributed by atoms with van der Waals surface area (Å²) in [7, 11) is 0. The standard InChI is InChI=1S/C15H13ClF2O/c1-9-5-6-11(17)7-10(9)8-14(19)12-3-2-4-13(16)15(12)18/h2-7,14,19H,8H2,1H3. The first-order chi connectivity index (χ1) is 8.99. The first-order valence-corrected chi connectivity index (χ1v) is 6.24. The number of benzene rings is 2. The Labute approximate surface area is 115 Å². The van der Waals surface area contributed by atoms with E-state index in [1.54, 1.807) is 12.1 Å². The van der Waals surface area contributed by atoms with Gasteiger partial charge in [0.05, 0.1) is 11.1 Å². The van der Waals surface area contributed by atoms with Crippen molar-refractivity contribution in [1.29, 1.82) is 0 Å². The zero-order chi connectivity index (χ0) is 14.0. The molecule has 0 radical (unpaired) electrons. The van der Waals surface area contributed by atoms with E-state index < -0.39 is 11.9 Å². The SMILES string of the molecule is Cc1ccc(F)cc1CC(O)c1cccc(Cl)c1F. The van der Waals surface area contributed by atoms with E-state index in [1.807, 2.05) is 6.92 Å². The summed E-state index contributed by atoms with van der Waals surface area (Å²) in [6.45, 7) is 1.82. The summed E-state index contributed by atoms with van der Waals surface area (Å²) in [5.41, 5.74) is 1.62. The van der Waals surface area contributed by atoms with Crippen LogP contribution in [0.25, 0.3) is 0 Å². The fourth-order valence-electron chi connectivity index (χ4n) is 1.96. The number of hydrogen-bond donors (Lipinski definition) is 1. The van der Waals surface area contributed by atoms with Crippen molar-refractivity contribution in [2.45, 2.75) is 19.4 Å². The molecule has 2 rings (SSSR count). The van der Waals surface area contributed by atoms with Gasteiger partial charge in [-0.25, -0.2) is 8.78 Å². The molecule has 0 aliphatic heterocycles. The minimum Gasteiger partial charge on any atom is -0.388 e. The Morgan fingerprint density at radius 3 is 2.68 bits per heavy atom. The van der Waals surface area contributed by atoms with E-state index >= 15 is 0 Å². The van der Waals surface area contributed by atoms with Crippen LogP contribution in [-0.2, 0) is 6.42 Å². The molecule has 0 spiro atoms. The molecule has 0 bridgehead atoms. The van der Waals surface area contributed by atoms with Crippen LogP contribution in [0.5, 0.6) is 0 Å². The van der Waals surface area contributed by atoms with E-state index in [1.165, 1.54) is 24.3 Å². The van der Waals surface area contributed by atoms with Crippen LogP contribution < -0.4 is 0 Å². The summed E-state index contributed by atoms with van der Waals surface area (Å²) < 4.78 is 26.9. The predicted molar refractivity (Wildman–Crippen MR) is 71.2 cm³/mol. The summed E-state index contributed by atoms with van der Waals surface area (Å²) >= 11 is 5.67. The van der Waals surface area contributed by atoms with Crippen molar-refractivity contribution in [2.24, 2.45) is 0 Å². The quantitative estimate of drug-likeness (QED) is 0.894. The number of aliphatic hydroxyl groups excluding tert-OH is 1. The Kier molecular flexibility index (Phi) is 4.17. The van der Waals surface area contributed by atoms with Crippen LogP contribution >= 0.6 is 11.6 Å². The first-order valence-electron chi connectivity index (χ1n) is 5.86. The molecule has 0 aromatic heterocycles. The fraction of sp³-hybridized carbons (Fsp3) is 0.200. The highest BCUT2D eigenvalue weighted by molar-refractivity contribution is 6.30. The molecule has 2 aromatic rings. The third-order valence-corrected chi connectivity index (χ3v) is 3.36.